The average molecular weight is 253 g/mol. The minimum absolute atomic E-state index is 0.631. The van der Waals surface area contributed by atoms with Crippen molar-refractivity contribution in [3.8, 4) is 0 Å². The first-order chi connectivity index (χ1) is 8.64. The van der Waals surface area contributed by atoms with E-state index < -0.39 is 0 Å². The van der Waals surface area contributed by atoms with Gasteiger partial charge < -0.3 is 5.32 Å². The largest absolute Gasteiger partial charge is 0.313 e. The lowest BCUT2D eigenvalue weighted by molar-refractivity contribution is 0.172. The summed E-state index contributed by atoms with van der Waals surface area (Å²) >= 11 is 0. The van der Waals surface area contributed by atoms with Crippen molar-refractivity contribution in [2.75, 3.05) is 6.54 Å². The Morgan fingerprint density at radius 1 is 1.06 bits per heavy atom. The van der Waals surface area contributed by atoms with Crippen LogP contribution in [-0.2, 0) is 0 Å². The number of rotatable bonds is 9. The molecule has 0 heterocycles. The monoisotopic (exact) mass is 253 g/mol. The molecule has 0 spiro atoms. The van der Waals surface area contributed by atoms with Crippen molar-refractivity contribution in [2.45, 2.75) is 91.5 Å². The lowest BCUT2D eigenvalue weighted by Gasteiger charge is -2.38. The molecule has 0 aromatic rings. The predicted octanol–water partition coefficient (Wildman–Crippen LogP) is 5.15. The fraction of sp³-hybridized carbons (Fsp3) is 1.00. The van der Waals surface area contributed by atoms with Gasteiger partial charge in [-0.3, -0.25) is 0 Å². The van der Waals surface area contributed by atoms with Crippen molar-refractivity contribution in [2.24, 2.45) is 11.3 Å². The molecule has 0 aliphatic heterocycles. The topological polar surface area (TPSA) is 12.0 Å². The number of nitrogens with one attached hydrogen (secondary N) is 1. The van der Waals surface area contributed by atoms with Gasteiger partial charge in [0.1, 0.15) is 0 Å². The lowest BCUT2D eigenvalue weighted by Crippen LogP contribution is -2.44. The summed E-state index contributed by atoms with van der Waals surface area (Å²) in [6.45, 7) is 10.6. The van der Waals surface area contributed by atoms with Crippen LogP contribution in [0.25, 0.3) is 0 Å². The van der Waals surface area contributed by atoms with Crippen molar-refractivity contribution in [1.29, 1.82) is 0 Å². The van der Waals surface area contributed by atoms with Gasteiger partial charge in [0.25, 0.3) is 0 Å². The summed E-state index contributed by atoms with van der Waals surface area (Å²) in [6, 6.07) is 0.781. The predicted molar refractivity (Wildman–Crippen MR) is 82.0 cm³/mol. The quantitative estimate of drug-likeness (QED) is 0.599. The van der Waals surface area contributed by atoms with E-state index in [1.54, 1.807) is 0 Å². The van der Waals surface area contributed by atoms with Gasteiger partial charge in [-0.25, -0.2) is 0 Å². The summed E-state index contributed by atoms with van der Waals surface area (Å²) in [5.41, 5.74) is 0.631. The van der Waals surface area contributed by atoms with Crippen LogP contribution in [0.4, 0.5) is 0 Å². The van der Waals surface area contributed by atoms with Gasteiger partial charge in [-0.1, -0.05) is 53.4 Å². The molecule has 0 saturated heterocycles. The van der Waals surface area contributed by atoms with E-state index in [0.717, 1.165) is 12.0 Å². The van der Waals surface area contributed by atoms with Crippen LogP contribution < -0.4 is 5.32 Å². The van der Waals surface area contributed by atoms with Gasteiger partial charge in [0.05, 0.1) is 0 Å². The van der Waals surface area contributed by atoms with Crippen LogP contribution in [0.3, 0.4) is 0 Å². The average Bonchev–Trinajstić information content (AvgIpc) is 2.83. The summed E-state index contributed by atoms with van der Waals surface area (Å²) in [5.74, 6) is 0.859. The van der Waals surface area contributed by atoms with E-state index >= 15 is 0 Å². The Morgan fingerprint density at radius 2 is 1.72 bits per heavy atom. The fourth-order valence-electron chi connectivity index (χ4n) is 3.70. The second-order valence-electron chi connectivity index (χ2n) is 6.75. The van der Waals surface area contributed by atoms with E-state index in [0.29, 0.717) is 5.41 Å². The zero-order valence-corrected chi connectivity index (χ0v) is 13.2. The SMILES string of the molecule is CCCNC(CCCC(C)C)C1(CC)CCCC1. The first kappa shape index (κ1) is 16.0. The van der Waals surface area contributed by atoms with Crippen molar-refractivity contribution in [3.05, 3.63) is 0 Å². The second kappa shape index (κ2) is 8.19. The van der Waals surface area contributed by atoms with Gasteiger partial charge in [0.15, 0.2) is 0 Å². The van der Waals surface area contributed by atoms with Crippen LogP contribution in [0.1, 0.15) is 85.5 Å². The molecule has 1 rings (SSSR count). The fourth-order valence-corrected chi connectivity index (χ4v) is 3.70. The lowest BCUT2D eigenvalue weighted by atomic mass is 9.74. The molecule has 1 aliphatic rings. The van der Waals surface area contributed by atoms with Gasteiger partial charge in [-0.2, -0.15) is 0 Å². The highest BCUT2D eigenvalue weighted by atomic mass is 14.9. The summed E-state index contributed by atoms with van der Waals surface area (Å²) in [6.07, 6.45) is 12.7. The smallest absolute Gasteiger partial charge is 0.0123 e. The Morgan fingerprint density at radius 3 is 2.22 bits per heavy atom. The van der Waals surface area contributed by atoms with Crippen molar-refractivity contribution in [1.82, 2.24) is 5.32 Å². The Balaban J connectivity index is 2.52. The highest BCUT2D eigenvalue weighted by Gasteiger charge is 2.38. The molecule has 0 aromatic carbocycles. The molecule has 1 N–H and O–H groups in total. The number of hydrogen-bond donors (Lipinski definition) is 1. The highest BCUT2D eigenvalue weighted by Crippen LogP contribution is 2.45. The molecular weight excluding hydrogens is 218 g/mol. The maximum absolute atomic E-state index is 3.88. The second-order valence-corrected chi connectivity index (χ2v) is 6.75. The molecule has 18 heavy (non-hydrogen) atoms. The Hall–Kier alpha value is -0.0400. The van der Waals surface area contributed by atoms with Gasteiger partial charge in [-0.15, -0.1) is 0 Å². The maximum Gasteiger partial charge on any atom is 0.0123 e. The normalized spacial score (nSPS) is 20.5. The maximum atomic E-state index is 3.88. The molecule has 0 amide bonds. The van der Waals surface area contributed by atoms with Crippen molar-refractivity contribution >= 4 is 0 Å². The molecule has 1 nitrogen and oxygen atoms in total. The van der Waals surface area contributed by atoms with Gasteiger partial charge in [0, 0.05) is 6.04 Å². The standard InChI is InChI=1S/C17H35N/c1-5-14-18-16(11-9-10-15(3)4)17(6-2)12-7-8-13-17/h15-16,18H,5-14H2,1-4H3. The molecule has 1 unspecified atom stereocenters. The van der Waals surface area contributed by atoms with Crippen molar-refractivity contribution < 1.29 is 0 Å². The van der Waals surface area contributed by atoms with Crippen LogP contribution in [-0.4, -0.2) is 12.6 Å². The molecule has 0 aromatic heterocycles. The molecule has 1 aliphatic carbocycles. The Labute approximate surface area is 115 Å². The van der Waals surface area contributed by atoms with Crippen LogP contribution in [0, 0.1) is 11.3 Å². The Bertz CT molecular complexity index is 204. The minimum Gasteiger partial charge on any atom is -0.313 e. The molecule has 1 atom stereocenters. The third kappa shape index (κ3) is 4.57. The van der Waals surface area contributed by atoms with E-state index in [1.165, 1.54) is 64.3 Å². The van der Waals surface area contributed by atoms with E-state index in [4.69, 9.17) is 0 Å². The molecule has 1 heteroatoms. The molecule has 0 radical (unpaired) electrons. The highest BCUT2D eigenvalue weighted by molar-refractivity contribution is 4.93. The molecular formula is C17H35N. The molecule has 0 bridgehead atoms. The summed E-state index contributed by atoms with van der Waals surface area (Å²) in [7, 11) is 0. The molecule has 1 fully saturated rings. The first-order valence-electron chi connectivity index (χ1n) is 8.38. The van der Waals surface area contributed by atoms with Crippen molar-refractivity contribution in [3.63, 3.8) is 0 Å². The van der Waals surface area contributed by atoms with Gasteiger partial charge in [0.2, 0.25) is 0 Å². The number of hydrogen-bond acceptors (Lipinski definition) is 1. The van der Waals surface area contributed by atoms with Crippen LogP contribution in [0.15, 0.2) is 0 Å². The van der Waals surface area contributed by atoms with E-state index in [2.05, 4.69) is 33.0 Å². The van der Waals surface area contributed by atoms with Crippen LogP contribution in [0.5, 0.6) is 0 Å². The zero-order valence-electron chi connectivity index (χ0n) is 13.2. The van der Waals surface area contributed by atoms with E-state index in [9.17, 15) is 0 Å². The zero-order chi connectivity index (χ0) is 13.4. The van der Waals surface area contributed by atoms with Crippen LogP contribution in [0.2, 0.25) is 0 Å². The summed E-state index contributed by atoms with van der Waals surface area (Å²) in [4.78, 5) is 0. The minimum atomic E-state index is 0.631. The molecule has 108 valence electrons. The summed E-state index contributed by atoms with van der Waals surface area (Å²) in [5, 5.41) is 3.88. The summed E-state index contributed by atoms with van der Waals surface area (Å²) < 4.78 is 0. The van der Waals surface area contributed by atoms with E-state index in [-0.39, 0.29) is 0 Å². The Kier molecular flexibility index (Phi) is 7.29. The third-order valence-corrected chi connectivity index (χ3v) is 4.96. The van der Waals surface area contributed by atoms with Gasteiger partial charge in [-0.05, 0) is 50.0 Å². The van der Waals surface area contributed by atoms with Gasteiger partial charge >= 0.3 is 0 Å². The van der Waals surface area contributed by atoms with Crippen LogP contribution >= 0.6 is 0 Å². The molecule has 1 saturated carbocycles. The third-order valence-electron chi connectivity index (χ3n) is 4.96. The first-order valence-corrected chi connectivity index (χ1v) is 8.38. The van der Waals surface area contributed by atoms with E-state index in [1.807, 2.05) is 0 Å².